The maximum Gasteiger partial charge on any atom is 0.119 e. The van der Waals surface area contributed by atoms with Crippen molar-refractivity contribution in [3.8, 4) is 11.5 Å². The van der Waals surface area contributed by atoms with Gasteiger partial charge in [-0.3, -0.25) is 0 Å². The van der Waals surface area contributed by atoms with Crippen molar-refractivity contribution in [2.75, 3.05) is 13.7 Å². The van der Waals surface area contributed by atoms with Crippen molar-refractivity contribution in [2.24, 2.45) is 5.92 Å². The van der Waals surface area contributed by atoms with Crippen molar-refractivity contribution in [3.63, 3.8) is 0 Å². The Morgan fingerprint density at radius 2 is 1.94 bits per heavy atom. The number of methoxy groups -OCH3 is 1. The van der Waals surface area contributed by atoms with Gasteiger partial charge in [0.2, 0.25) is 0 Å². The molecule has 0 saturated carbocycles. The molecule has 1 atom stereocenters. The van der Waals surface area contributed by atoms with Crippen molar-refractivity contribution < 1.29 is 12.2 Å². The third kappa shape index (κ3) is 5.12. The third-order valence-electron chi connectivity index (χ3n) is 2.93. The second-order valence-electron chi connectivity index (χ2n) is 4.24. The van der Waals surface area contributed by atoms with Crippen molar-refractivity contribution in [3.05, 3.63) is 24.2 Å². The van der Waals surface area contributed by atoms with Crippen LogP contribution >= 0.6 is 0 Å². The molecule has 2 heteroatoms. The van der Waals surface area contributed by atoms with Gasteiger partial charge in [-0.15, -0.1) is 0 Å². The smallest absolute Gasteiger partial charge is 0.119 e. The second kappa shape index (κ2) is 7.99. The van der Waals surface area contributed by atoms with Crippen LogP contribution in [0.4, 0.5) is 0 Å². The summed E-state index contributed by atoms with van der Waals surface area (Å²) in [6.45, 7) is 4.97. The Morgan fingerprint density at radius 3 is 2.59 bits per heavy atom. The van der Waals surface area contributed by atoms with Crippen LogP contribution in [0, 0.1) is 5.92 Å². The van der Waals surface area contributed by atoms with Crippen LogP contribution in [-0.4, -0.2) is 13.7 Å². The zero-order chi connectivity index (χ0) is 14.3. The van der Waals surface area contributed by atoms with E-state index in [-0.39, 0.29) is 12.1 Å². The molecule has 2 nitrogen and oxygen atoms in total. The Bertz CT molecular complexity index is 394. The Kier molecular flexibility index (Phi) is 5.14. The van der Waals surface area contributed by atoms with Gasteiger partial charge in [-0.2, -0.15) is 0 Å². The van der Waals surface area contributed by atoms with Gasteiger partial charge in [0.15, 0.2) is 0 Å². The molecule has 0 bridgehead atoms. The summed E-state index contributed by atoms with van der Waals surface area (Å²) in [7, 11) is 1.51. The first-order valence-corrected chi connectivity index (χ1v) is 6.40. The molecule has 96 valence electrons. The van der Waals surface area contributed by atoms with E-state index >= 15 is 0 Å². The van der Waals surface area contributed by atoms with Gasteiger partial charge >= 0.3 is 0 Å². The third-order valence-corrected chi connectivity index (χ3v) is 2.93. The highest BCUT2D eigenvalue weighted by molar-refractivity contribution is 5.31. The Labute approximate surface area is 108 Å². The van der Waals surface area contributed by atoms with Gasteiger partial charge < -0.3 is 9.47 Å². The number of benzene rings is 1. The molecular weight excluding hydrogens is 212 g/mol. The van der Waals surface area contributed by atoms with Crippen LogP contribution in [0.25, 0.3) is 0 Å². The largest absolute Gasteiger partial charge is 0.497 e. The molecule has 0 aliphatic heterocycles. The van der Waals surface area contributed by atoms with E-state index in [1.165, 1.54) is 26.0 Å². The lowest BCUT2D eigenvalue weighted by Gasteiger charge is -2.15. The first-order valence-electron chi connectivity index (χ1n) is 7.40. The van der Waals surface area contributed by atoms with Gasteiger partial charge in [-0.25, -0.2) is 0 Å². The van der Waals surface area contributed by atoms with E-state index in [9.17, 15) is 0 Å². The summed E-state index contributed by atoms with van der Waals surface area (Å²) in [5.74, 6) is 1.41. The molecule has 0 N–H and O–H groups in total. The van der Waals surface area contributed by atoms with Crippen LogP contribution in [0.2, 0.25) is 0 Å². The van der Waals surface area contributed by atoms with Crippen LogP contribution in [0.5, 0.6) is 11.5 Å². The number of ether oxygens (including phenoxy) is 2. The molecule has 0 radical (unpaired) electrons. The molecule has 1 aromatic rings. The standard InChI is InChI=1S/C15H24O2/c1-4-6-7-13(5-2)12-17-15-10-8-14(16-3)9-11-15/h8-11,13H,4-7,12H2,1-3H3/i8D,11D. The summed E-state index contributed by atoms with van der Waals surface area (Å²) >= 11 is 0. The second-order valence-corrected chi connectivity index (χ2v) is 4.24. The summed E-state index contributed by atoms with van der Waals surface area (Å²) in [4.78, 5) is 0. The van der Waals surface area contributed by atoms with Crippen molar-refractivity contribution in [1.82, 2.24) is 0 Å². The molecule has 1 rings (SSSR count). The Hall–Kier alpha value is -1.18. The van der Waals surface area contributed by atoms with Crippen LogP contribution in [0.1, 0.15) is 42.3 Å². The molecule has 0 amide bonds. The topological polar surface area (TPSA) is 18.5 Å². The van der Waals surface area contributed by atoms with Crippen molar-refractivity contribution in [2.45, 2.75) is 39.5 Å². The van der Waals surface area contributed by atoms with Crippen LogP contribution in [-0.2, 0) is 0 Å². The Morgan fingerprint density at radius 1 is 1.24 bits per heavy atom. The average molecular weight is 238 g/mol. The first kappa shape index (κ1) is 10.9. The van der Waals surface area contributed by atoms with Crippen LogP contribution < -0.4 is 9.47 Å². The van der Waals surface area contributed by atoms with E-state index in [0.29, 0.717) is 24.0 Å². The average Bonchev–Trinajstić information content (AvgIpc) is 2.42. The molecule has 0 aromatic heterocycles. The molecule has 0 aliphatic carbocycles. The fraction of sp³-hybridized carbons (Fsp3) is 0.600. The lowest BCUT2D eigenvalue weighted by molar-refractivity contribution is 0.233. The minimum Gasteiger partial charge on any atom is -0.497 e. The Balaban J connectivity index is 2.64. The maximum atomic E-state index is 7.86. The van der Waals surface area contributed by atoms with Gasteiger partial charge in [0, 0.05) is 0 Å². The van der Waals surface area contributed by atoms with E-state index in [1.807, 2.05) is 0 Å². The summed E-state index contributed by atoms with van der Waals surface area (Å²) in [6, 6.07) is 3.63. The van der Waals surface area contributed by atoms with Crippen LogP contribution in [0.15, 0.2) is 24.2 Å². The minimum absolute atomic E-state index is 0.259. The fourth-order valence-corrected chi connectivity index (χ4v) is 1.66. The van der Waals surface area contributed by atoms with E-state index in [4.69, 9.17) is 12.2 Å². The predicted molar refractivity (Wildman–Crippen MR) is 71.8 cm³/mol. The molecule has 1 aromatic carbocycles. The lowest BCUT2D eigenvalue weighted by atomic mass is 10.0. The predicted octanol–water partition coefficient (Wildman–Crippen LogP) is 4.29. The number of rotatable bonds is 8. The van der Waals surface area contributed by atoms with Crippen LogP contribution in [0.3, 0.4) is 0 Å². The molecule has 0 aliphatic rings. The zero-order valence-corrected chi connectivity index (χ0v) is 11.1. The van der Waals surface area contributed by atoms with E-state index in [2.05, 4.69) is 13.8 Å². The summed E-state index contributed by atoms with van der Waals surface area (Å²) in [6.07, 6.45) is 4.64. The SMILES string of the molecule is [2H]c1cc(OCC(CC)CCCC)c([2H])cc1OC. The maximum absolute atomic E-state index is 7.86. The minimum atomic E-state index is 0.259. The molecule has 0 spiro atoms. The van der Waals surface area contributed by atoms with E-state index in [1.54, 1.807) is 6.07 Å². The molecular formula is C15H24O2. The quantitative estimate of drug-likeness (QED) is 0.672. The normalized spacial score (nSPS) is 13.8. The zero-order valence-electron chi connectivity index (χ0n) is 13.1. The summed E-state index contributed by atoms with van der Waals surface area (Å²) in [5.41, 5.74) is 0. The van der Waals surface area contributed by atoms with Gasteiger partial charge in [0.1, 0.15) is 11.5 Å². The van der Waals surface area contributed by atoms with Gasteiger partial charge in [0.05, 0.1) is 16.5 Å². The lowest BCUT2D eigenvalue weighted by Crippen LogP contribution is -2.11. The molecule has 0 saturated heterocycles. The molecule has 17 heavy (non-hydrogen) atoms. The van der Waals surface area contributed by atoms with Crippen molar-refractivity contribution >= 4 is 0 Å². The number of unbranched alkanes of at least 4 members (excludes halogenated alkanes) is 1. The van der Waals surface area contributed by atoms with E-state index in [0.717, 1.165) is 12.8 Å². The number of hydrogen-bond donors (Lipinski definition) is 0. The van der Waals surface area contributed by atoms with Crippen molar-refractivity contribution in [1.29, 1.82) is 0 Å². The highest BCUT2D eigenvalue weighted by Crippen LogP contribution is 2.19. The highest BCUT2D eigenvalue weighted by Gasteiger charge is 2.06. The highest BCUT2D eigenvalue weighted by atomic mass is 16.5. The summed E-state index contributed by atoms with van der Waals surface area (Å²) < 4.78 is 26.3. The fourth-order valence-electron chi connectivity index (χ4n) is 1.66. The summed E-state index contributed by atoms with van der Waals surface area (Å²) in [5, 5.41) is 0. The molecule has 0 heterocycles. The first-order chi connectivity index (χ1) is 9.12. The number of hydrogen-bond acceptors (Lipinski definition) is 2. The van der Waals surface area contributed by atoms with E-state index < -0.39 is 0 Å². The molecule has 1 unspecified atom stereocenters. The van der Waals surface area contributed by atoms with Gasteiger partial charge in [-0.1, -0.05) is 33.1 Å². The molecule has 0 fully saturated rings. The van der Waals surface area contributed by atoms with Gasteiger partial charge in [-0.05, 0) is 36.6 Å². The van der Waals surface area contributed by atoms with Gasteiger partial charge in [0.25, 0.3) is 0 Å². The monoisotopic (exact) mass is 238 g/mol.